The van der Waals surface area contributed by atoms with Gasteiger partial charge in [-0.3, -0.25) is 10.1 Å². The van der Waals surface area contributed by atoms with Gasteiger partial charge in [-0.1, -0.05) is 19.3 Å². The summed E-state index contributed by atoms with van der Waals surface area (Å²) in [6.07, 6.45) is 5.95. The molecule has 0 aromatic carbocycles. The van der Waals surface area contributed by atoms with Gasteiger partial charge in [-0.05, 0) is 30.9 Å². The lowest BCUT2D eigenvalue weighted by atomic mass is 9.77. The highest BCUT2D eigenvalue weighted by atomic mass is 16.6. The first-order chi connectivity index (χ1) is 8.68. The van der Waals surface area contributed by atoms with Gasteiger partial charge in [0.15, 0.2) is 0 Å². The Balaban J connectivity index is 2.10. The van der Waals surface area contributed by atoms with E-state index in [1.54, 1.807) is 12.1 Å². The van der Waals surface area contributed by atoms with Crippen LogP contribution in [0, 0.1) is 22.0 Å². The molecule has 0 radical (unpaired) electrons. The molecule has 5 nitrogen and oxygen atoms in total. The van der Waals surface area contributed by atoms with Gasteiger partial charge < -0.3 is 9.52 Å². The van der Waals surface area contributed by atoms with Gasteiger partial charge >= 0.3 is 0 Å². The monoisotopic (exact) mass is 253 g/mol. The molecule has 1 fully saturated rings. The van der Waals surface area contributed by atoms with E-state index >= 15 is 0 Å². The van der Waals surface area contributed by atoms with E-state index < -0.39 is 6.10 Å². The minimum Gasteiger partial charge on any atom is -0.467 e. The third-order valence-electron chi connectivity index (χ3n) is 3.86. The normalized spacial score (nSPS) is 20.5. The third kappa shape index (κ3) is 3.10. The Hall–Kier alpha value is -1.36. The molecule has 18 heavy (non-hydrogen) atoms. The molecular weight excluding hydrogens is 234 g/mol. The lowest BCUT2D eigenvalue weighted by molar-refractivity contribution is -0.493. The van der Waals surface area contributed by atoms with Crippen LogP contribution in [0.15, 0.2) is 22.8 Å². The van der Waals surface area contributed by atoms with Crippen LogP contribution in [-0.2, 0) is 0 Å². The largest absolute Gasteiger partial charge is 0.467 e. The molecule has 2 rings (SSSR count). The van der Waals surface area contributed by atoms with Crippen molar-refractivity contribution in [1.29, 1.82) is 0 Å². The molecule has 2 atom stereocenters. The van der Waals surface area contributed by atoms with Crippen LogP contribution in [0.3, 0.4) is 0 Å². The van der Waals surface area contributed by atoms with Crippen molar-refractivity contribution in [2.45, 2.75) is 38.2 Å². The fraction of sp³-hybridized carbons (Fsp3) is 0.692. The van der Waals surface area contributed by atoms with E-state index in [9.17, 15) is 15.2 Å². The Kier molecular flexibility index (Phi) is 4.36. The third-order valence-corrected chi connectivity index (χ3v) is 3.86. The smallest absolute Gasteiger partial charge is 0.209 e. The summed E-state index contributed by atoms with van der Waals surface area (Å²) in [4.78, 5) is 10.5. The summed E-state index contributed by atoms with van der Waals surface area (Å²) < 4.78 is 5.18. The zero-order valence-electron chi connectivity index (χ0n) is 10.3. The van der Waals surface area contributed by atoms with Gasteiger partial charge in [0.25, 0.3) is 0 Å². The van der Waals surface area contributed by atoms with Gasteiger partial charge in [0.05, 0.1) is 12.2 Å². The van der Waals surface area contributed by atoms with Crippen LogP contribution in [0.4, 0.5) is 0 Å². The molecule has 1 aliphatic rings. The second kappa shape index (κ2) is 6.00. The van der Waals surface area contributed by atoms with E-state index in [4.69, 9.17) is 4.42 Å². The zero-order valence-corrected chi connectivity index (χ0v) is 10.3. The maximum atomic E-state index is 10.8. The summed E-state index contributed by atoms with van der Waals surface area (Å²) in [6, 6.07) is 3.38. The number of hydrogen-bond acceptors (Lipinski definition) is 4. The van der Waals surface area contributed by atoms with E-state index in [0.29, 0.717) is 5.76 Å². The maximum absolute atomic E-state index is 10.8. The first-order valence-corrected chi connectivity index (χ1v) is 6.51. The van der Waals surface area contributed by atoms with Crippen LogP contribution in [-0.4, -0.2) is 16.6 Å². The molecule has 0 aliphatic heterocycles. The Labute approximate surface area is 106 Å². The van der Waals surface area contributed by atoms with Crippen LogP contribution < -0.4 is 0 Å². The standard InChI is InChI=1S/C13H19NO4/c15-13(12-7-4-8-18-12)11(9-14(16)17)10-5-2-1-3-6-10/h4,7-8,10-11,13,15H,1-3,5-6,9H2/t11-,13-/m1/s1. The summed E-state index contributed by atoms with van der Waals surface area (Å²) in [6.45, 7) is -0.188. The molecule has 0 unspecified atom stereocenters. The molecule has 1 aromatic rings. The number of aliphatic hydroxyl groups is 1. The highest BCUT2D eigenvalue weighted by Crippen LogP contribution is 2.37. The molecule has 0 amide bonds. The van der Waals surface area contributed by atoms with Gasteiger partial charge in [-0.15, -0.1) is 0 Å². The van der Waals surface area contributed by atoms with Gasteiger partial charge in [0.1, 0.15) is 11.9 Å². The number of nitro groups is 1. The van der Waals surface area contributed by atoms with Crippen LogP contribution in [0.25, 0.3) is 0 Å². The molecule has 5 heteroatoms. The first kappa shape index (κ1) is 13.1. The van der Waals surface area contributed by atoms with Gasteiger partial charge in [-0.25, -0.2) is 0 Å². The average Bonchev–Trinajstić information content (AvgIpc) is 2.90. The van der Waals surface area contributed by atoms with Crippen molar-refractivity contribution in [3.63, 3.8) is 0 Å². The van der Waals surface area contributed by atoms with E-state index in [1.807, 2.05) is 0 Å². The van der Waals surface area contributed by atoms with Crippen LogP contribution in [0.2, 0.25) is 0 Å². The summed E-state index contributed by atoms with van der Waals surface area (Å²) in [5, 5.41) is 21.1. The van der Waals surface area contributed by atoms with Gasteiger partial charge in [0, 0.05) is 4.92 Å². The van der Waals surface area contributed by atoms with E-state index in [1.165, 1.54) is 12.7 Å². The van der Waals surface area contributed by atoms with E-state index in [0.717, 1.165) is 25.7 Å². The molecule has 100 valence electrons. The molecule has 1 aromatic heterocycles. The van der Waals surface area contributed by atoms with Gasteiger partial charge in [0.2, 0.25) is 6.54 Å². The van der Waals surface area contributed by atoms with Crippen molar-refractivity contribution >= 4 is 0 Å². The maximum Gasteiger partial charge on any atom is 0.209 e. The first-order valence-electron chi connectivity index (χ1n) is 6.51. The fourth-order valence-electron chi connectivity index (χ4n) is 2.91. The van der Waals surface area contributed by atoms with E-state index in [-0.39, 0.29) is 23.3 Å². The topological polar surface area (TPSA) is 76.5 Å². The van der Waals surface area contributed by atoms with Crippen LogP contribution in [0.5, 0.6) is 0 Å². The number of aliphatic hydroxyl groups excluding tert-OH is 1. The van der Waals surface area contributed by atoms with Crippen molar-refractivity contribution in [2.75, 3.05) is 6.54 Å². The Morgan fingerprint density at radius 3 is 2.72 bits per heavy atom. The van der Waals surface area contributed by atoms with Crippen molar-refractivity contribution in [3.8, 4) is 0 Å². The minimum atomic E-state index is -0.867. The molecule has 0 saturated heterocycles. The summed E-state index contributed by atoms with van der Waals surface area (Å²) in [7, 11) is 0. The molecule has 0 bridgehead atoms. The highest BCUT2D eigenvalue weighted by molar-refractivity contribution is 5.04. The van der Waals surface area contributed by atoms with Crippen molar-refractivity contribution in [2.24, 2.45) is 11.8 Å². The number of furan rings is 1. The highest BCUT2D eigenvalue weighted by Gasteiger charge is 2.35. The SMILES string of the molecule is O=[N+]([O-])C[C@H](C1CCCCC1)[C@@H](O)c1ccco1. The van der Waals surface area contributed by atoms with E-state index in [2.05, 4.69) is 0 Å². The predicted molar refractivity (Wildman–Crippen MR) is 65.6 cm³/mol. The van der Waals surface area contributed by atoms with Crippen molar-refractivity contribution < 1.29 is 14.4 Å². The number of rotatable bonds is 5. The molecule has 0 spiro atoms. The van der Waals surface area contributed by atoms with Crippen LogP contribution >= 0.6 is 0 Å². The predicted octanol–water partition coefficient (Wildman–Crippen LogP) is 2.79. The average molecular weight is 253 g/mol. The molecule has 1 saturated carbocycles. The fourth-order valence-corrected chi connectivity index (χ4v) is 2.91. The Morgan fingerprint density at radius 2 is 2.17 bits per heavy atom. The molecular formula is C13H19NO4. The molecule has 1 heterocycles. The van der Waals surface area contributed by atoms with Crippen molar-refractivity contribution in [1.82, 2.24) is 0 Å². The number of hydrogen-bond donors (Lipinski definition) is 1. The van der Waals surface area contributed by atoms with Gasteiger partial charge in [-0.2, -0.15) is 0 Å². The lowest BCUT2D eigenvalue weighted by Crippen LogP contribution is -2.30. The second-order valence-corrected chi connectivity index (χ2v) is 5.04. The molecule has 1 N–H and O–H groups in total. The second-order valence-electron chi connectivity index (χ2n) is 5.04. The Bertz CT molecular complexity index is 370. The zero-order chi connectivity index (χ0) is 13.0. The lowest BCUT2D eigenvalue weighted by Gasteiger charge is -2.30. The molecule has 1 aliphatic carbocycles. The van der Waals surface area contributed by atoms with Crippen molar-refractivity contribution in [3.05, 3.63) is 34.3 Å². The number of nitrogens with zero attached hydrogens (tertiary/aromatic N) is 1. The van der Waals surface area contributed by atoms with Crippen LogP contribution in [0.1, 0.15) is 44.0 Å². The summed E-state index contributed by atoms with van der Waals surface area (Å²) in [5.74, 6) is 0.322. The quantitative estimate of drug-likeness (QED) is 0.646. The Morgan fingerprint density at radius 1 is 1.44 bits per heavy atom. The summed E-state index contributed by atoms with van der Waals surface area (Å²) in [5.41, 5.74) is 0. The summed E-state index contributed by atoms with van der Waals surface area (Å²) >= 11 is 0. The minimum absolute atomic E-state index is 0.188.